The summed E-state index contributed by atoms with van der Waals surface area (Å²) >= 11 is 1.85. The summed E-state index contributed by atoms with van der Waals surface area (Å²) in [6, 6.07) is 171. The molecule has 0 radical (unpaired) electrons. The highest BCUT2D eigenvalue weighted by molar-refractivity contribution is 7.19. The Morgan fingerprint density at radius 2 is 0.346 bits per heavy atom. The van der Waals surface area contributed by atoms with Crippen LogP contribution in [0.2, 0.25) is 0 Å². The molecular formula is C124H76N2S. The van der Waals surface area contributed by atoms with E-state index in [1.807, 2.05) is 11.3 Å². The Hall–Kier alpha value is -16.3. The summed E-state index contributed by atoms with van der Waals surface area (Å²) in [5.41, 5.74) is 11.7. The van der Waals surface area contributed by atoms with Crippen molar-refractivity contribution < 1.29 is 0 Å². The summed E-state index contributed by atoms with van der Waals surface area (Å²) in [5.74, 6) is 0. The lowest BCUT2D eigenvalue weighted by molar-refractivity contribution is 1.31. The maximum atomic E-state index is 2.49. The quantitative estimate of drug-likeness (QED) is 0.133. The number of fused-ring (bicyclic) bond motifs is 36. The van der Waals surface area contributed by atoms with E-state index >= 15 is 0 Å². The van der Waals surface area contributed by atoms with E-state index in [1.165, 1.54) is 232 Å². The average molecular weight is 1630 g/mol. The standard InChI is InChI=1S/C66H41N.C58H35NS/c1-2-15-42(16-3-1)44-31-37-58-59-38-35-47(41-64(59)56-25-11-10-24-55(56)63(58)39-44)67(65-28-14-27-61-53-21-8-6-20-51(53)52-22-12-13-26-60(52)66(61)65)46-33-29-43(30-34-46)45-32-36-57-50-19-5-4-17-48(50)49-18-7-9-23-54(49)62(57)40-45;1-4-19-45-39(13-1)42-16-7-10-22-48(42)54-33-36(25-28-51(45)54)57-31-32-58(60-57)59(37-26-29-52-46-20-5-2-14-40(46)43-17-8-11-23-49(43)55(52)34-37)38-27-30-53-47-21-6-3-15-41(47)44-18-9-12-24-50(44)56(53)35-38/h1-41H;1-35H. The van der Waals surface area contributed by atoms with Crippen LogP contribution in [-0.2, 0) is 0 Å². The molecule has 0 N–H and O–H groups in total. The fourth-order valence-corrected chi connectivity index (χ4v) is 22.5. The molecule has 0 fully saturated rings. The van der Waals surface area contributed by atoms with Crippen LogP contribution in [0, 0.1) is 0 Å². The van der Waals surface area contributed by atoms with E-state index in [9.17, 15) is 0 Å². The molecule has 1 aromatic heterocycles. The zero-order valence-corrected chi connectivity index (χ0v) is 70.0. The summed E-state index contributed by atoms with van der Waals surface area (Å²) in [6.07, 6.45) is 0. The number of thiophene rings is 1. The summed E-state index contributed by atoms with van der Waals surface area (Å²) < 4.78 is 0. The Morgan fingerprint density at radius 1 is 0.126 bits per heavy atom. The van der Waals surface area contributed by atoms with Crippen LogP contribution in [0.1, 0.15) is 0 Å². The van der Waals surface area contributed by atoms with Gasteiger partial charge in [-0.3, -0.25) is 0 Å². The molecule has 1 heterocycles. The minimum absolute atomic E-state index is 1.10. The van der Waals surface area contributed by atoms with Gasteiger partial charge in [0, 0.05) is 33.0 Å². The van der Waals surface area contributed by atoms with Gasteiger partial charge in [-0.15, -0.1) is 11.3 Å². The molecule has 2 nitrogen and oxygen atoms in total. The maximum absolute atomic E-state index is 2.49. The Morgan fingerprint density at radius 3 is 0.677 bits per heavy atom. The Balaban J connectivity index is 0.000000136. The second kappa shape index (κ2) is 29.2. The van der Waals surface area contributed by atoms with Crippen molar-refractivity contribution in [2.24, 2.45) is 0 Å². The molecule has 0 spiro atoms. The van der Waals surface area contributed by atoms with E-state index in [2.05, 4.69) is 471 Å². The first-order valence-electron chi connectivity index (χ1n) is 43.9. The minimum atomic E-state index is 1.10. The van der Waals surface area contributed by atoms with Crippen LogP contribution in [0.3, 0.4) is 0 Å². The molecule has 0 aliphatic rings. The number of nitrogens with zero attached hydrogens (tertiary/aromatic N) is 2. The summed E-state index contributed by atoms with van der Waals surface area (Å²) in [6.45, 7) is 0. The molecule has 0 saturated carbocycles. The summed E-state index contributed by atoms with van der Waals surface area (Å²) in [5, 5.41) is 47.0. The van der Waals surface area contributed by atoms with Gasteiger partial charge in [-0.25, -0.2) is 0 Å². The molecule has 0 bridgehead atoms. The van der Waals surface area contributed by atoms with Crippen LogP contribution in [0.4, 0.5) is 33.4 Å². The van der Waals surface area contributed by atoms with E-state index in [0.717, 1.165) is 28.4 Å². The molecule has 0 unspecified atom stereocenters. The maximum Gasteiger partial charge on any atom is 0.101 e. The Labute approximate surface area is 736 Å². The molecule has 127 heavy (non-hydrogen) atoms. The molecule has 0 amide bonds. The van der Waals surface area contributed by atoms with Crippen molar-refractivity contribution >= 4 is 239 Å². The first-order chi connectivity index (χ1) is 63.0. The van der Waals surface area contributed by atoms with E-state index < -0.39 is 0 Å². The predicted molar refractivity (Wildman–Crippen MR) is 552 cm³/mol. The third kappa shape index (κ3) is 11.6. The van der Waals surface area contributed by atoms with Gasteiger partial charge in [0.15, 0.2) is 0 Å². The van der Waals surface area contributed by atoms with Crippen LogP contribution in [0.25, 0.3) is 227 Å². The van der Waals surface area contributed by atoms with E-state index in [4.69, 9.17) is 0 Å². The second-order valence-corrected chi connectivity index (χ2v) is 35.0. The second-order valence-electron chi connectivity index (χ2n) is 33.9. The van der Waals surface area contributed by atoms with Crippen molar-refractivity contribution in [3.05, 3.63) is 461 Å². The highest BCUT2D eigenvalue weighted by Crippen LogP contribution is 2.52. The van der Waals surface area contributed by atoms with Gasteiger partial charge in [-0.1, -0.05) is 376 Å². The molecular weight excluding hydrogens is 1550 g/mol. The highest BCUT2D eigenvalue weighted by Gasteiger charge is 2.25. The normalized spacial score (nSPS) is 11.9. The van der Waals surface area contributed by atoms with Crippen molar-refractivity contribution in [3.8, 4) is 32.7 Å². The largest absolute Gasteiger partial charge is 0.310 e. The minimum Gasteiger partial charge on any atom is -0.310 e. The van der Waals surface area contributed by atoms with Crippen LogP contribution >= 0.6 is 11.3 Å². The molecule has 0 saturated heterocycles. The van der Waals surface area contributed by atoms with Crippen LogP contribution < -0.4 is 9.80 Å². The molecule has 0 aliphatic heterocycles. The topological polar surface area (TPSA) is 6.48 Å². The highest BCUT2D eigenvalue weighted by atomic mass is 32.1. The van der Waals surface area contributed by atoms with Gasteiger partial charge in [-0.2, -0.15) is 0 Å². The van der Waals surface area contributed by atoms with Gasteiger partial charge in [0.2, 0.25) is 0 Å². The average Bonchev–Trinajstić information content (AvgIpc) is 1.06. The summed E-state index contributed by atoms with van der Waals surface area (Å²) in [4.78, 5) is 6.21. The van der Waals surface area contributed by atoms with Crippen molar-refractivity contribution in [2.45, 2.75) is 0 Å². The number of hydrogen-bond acceptors (Lipinski definition) is 3. The molecule has 27 rings (SSSR count). The first-order valence-corrected chi connectivity index (χ1v) is 44.7. The van der Waals surface area contributed by atoms with E-state index in [1.54, 1.807) is 0 Å². The van der Waals surface area contributed by atoms with Gasteiger partial charge in [0.05, 0.1) is 5.69 Å². The van der Waals surface area contributed by atoms with Crippen molar-refractivity contribution in [1.29, 1.82) is 0 Å². The lowest BCUT2D eigenvalue weighted by Gasteiger charge is -2.28. The molecule has 588 valence electrons. The Bertz CT molecular complexity index is 8940. The molecule has 26 aromatic carbocycles. The molecule has 0 aliphatic carbocycles. The van der Waals surface area contributed by atoms with E-state index in [0.29, 0.717) is 0 Å². The summed E-state index contributed by atoms with van der Waals surface area (Å²) in [7, 11) is 0. The number of rotatable bonds is 9. The van der Waals surface area contributed by atoms with Crippen molar-refractivity contribution in [3.63, 3.8) is 0 Å². The van der Waals surface area contributed by atoms with Crippen molar-refractivity contribution in [2.75, 3.05) is 9.80 Å². The van der Waals surface area contributed by atoms with Crippen LogP contribution in [0.5, 0.6) is 0 Å². The van der Waals surface area contributed by atoms with Crippen LogP contribution in [0.15, 0.2) is 461 Å². The predicted octanol–water partition coefficient (Wildman–Crippen LogP) is 36.1. The fraction of sp³-hybridized carbons (Fsp3) is 0. The van der Waals surface area contributed by atoms with Gasteiger partial charge in [0.25, 0.3) is 0 Å². The zero-order chi connectivity index (χ0) is 83.3. The third-order valence-corrected chi connectivity index (χ3v) is 28.3. The fourth-order valence-electron chi connectivity index (χ4n) is 21.5. The third-order valence-electron chi connectivity index (χ3n) is 27.2. The lowest BCUT2D eigenvalue weighted by Crippen LogP contribution is -2.10. The van der Waals surface area contributed by atoms with Gasteiger partial charge in [0.1, 0.15) is 5.00 Å². The van der Waals surface area contributed by atoms with Crippen LogP contribution in [-0.4, -0.2) is 0 Å². The molecule has 27 aromatic rings. The smallest absolute Gasteiger partial charge is 0.101 e. The SMILES string of the molecule is c1ccc(-c2ccc3c4ccc(N(c5ccc(-c6ccc7c8ccccc8c8ccccc8c7c6)cc5)c5cccc6c7ccccc7c7ccccc7c56)cc4c4ccccc4c3c2)cc1.c1ccc2c(c1)c1ccccc1c1cc(-c3ccc(N(c4ccc5c6ccccc6c6ccccc6c5c4)c4ccc5c6ccccc6c6ccccc6c5c4)s3)ccc21. The van der Waals surface area contributed by atoms with Gasteiger partial charge < -0.3 is 9.80 Å². The van der Waals surface area contributed by atoms with E-state index in [-0.39, 0.29) is 0 Å². The lowest BCUT2D eigenvalue weighted by atomic mass is 9.91. The van der Waals surface area contributed by atoms with Gasteiger partial charge >= 0.3 is 0 Å². The number of anilines is 6. The molecule has 0 atom stereocenters. The zero-order valence-electron chi connectivity index (χ0n) is 69.2. The monoisotopic (exact) mass is 1620 g/mol. The van der Waals surface area contributed by atoms with Gasteiger partial charge in [-0.05, 0) is 301 Å². The Kier molecular flexibility index (Phi) is 16.6. The molecule has 3 heteroatoms. The number of benzene rings is 26. The first kappa shape index (κ1) is 72.3. The number of hydrogen-bond donors (Lipinski definition) is 0. The van der Waals surface area contributed by atoms with Crippen molar-refractivity contribution in [1.82, 2.24) is 0 Å².